The van der Waals surface area contributed by atoms with Gasteiger partial charge in [-0.05, 0) is 43.9 Å². The van der Waals surface area contributed by atoms with E-state index in [2.05, 4.69) is 10.1 Å². The lowest BCUT2D eigenvalue weighted by molar-refractivity contribution is 0.0394. The zero-order valence-corrected chi connectivity index (χ0v) is 17.8. The van der Waals surface area contributed by atoms with Crippen molar-refractivity contribution in [1.29, 1.82) is 0 Å². The van der Waals surface area contributed by atoms with Gasteiger partial charge < -0.3 is 9.30 Å². The van der Waals surface area contributed by atoms with Crippen molar-refractivity contribution in [1.82, 2.24) is 24.1 Å². The van der Waals surface area contributed by atoms with Gasteiger partial charge in [-0.15, -0.1) is 0 Å². The van der Waals surface area contributed by atoms with Gasteiger partial charge in [0.2, 0.25) is 0 Å². The largest absolute Gasteiger partial charge is 0.327 e. The molecule has 2 unspecified atom stereocenters. The van der Waals surface area contributed by atoms with E-state index in [-0.39, 0.29) is 23.6 Å². The minimum atomic E-state index is -1.49. The van der Waals surface area contributed by atoms with Gasteiger partial charge >= 0.3 is 0 Å². The van der Waals surface area contributed by atoms with Crippen LogP contribution in [0.1, 0.15) is 46.9 Å². The highest BCUT2D eigenvalue weighted by Gasteiger charge is 2.44. The standard InChI is InChI=1S/C24H20F3N5O/c1-30-23(13-9-17(25)21(27)18(26)10-13)16-11-14-3-2-4-19(22(16)29-30)32(14)24(33)15-5-7-31-8-6-28-12-20(15)31/h5-10,12,14,19H,2-4,11H2,1H3. The van der Waals surface area contributed by atoms with Crippen molar-refractivity contribution in [2.45, 2.75) is 37.8 Å². The van der Waals surface area contributed by atoms with E-state index in [1.165, 1.54) is 0 Å². The molecule has 0 aliphatic carbocycles. The first kappa shape index (κ1) is 20.0. The monoisotopic (exact) mass is 451 g/mol. The Morgan fingerprint density at radius 1 is 1.12 bits per heavy atom. The fraction of sp³-hybridized carbons (Fsp3) is 0.292. The van der Waals surface area contributed by atoms with Gasteiger partial charge in [0.15, 0.2) is 17.5 Å². The highest BCUT2D eigenvalue weighted by molar-refractivity contribution is 6.01. The normalized spacial score (nSPS) is 19.7. The lowest BCUT2D eigenvalue weighted by atomic mass is 9.81. The van der Waals surface area contributed by atoms with Gasteiger partial charge in [0.05, 0.1) is 34.7 Å². The maximum Gasteiger partial charge on any atom is 0.256 e. The van der Waals surface area contributed by atoms with Crippen LogP contribution in [0.4, 0.5) is 13.2 Å². The van der Waals surface area contributed by atoms with Gasteiger partial charge in [0, 0.05) is 42.8 Å². The van der Waals surface area contributed by atoms with E-state index >= 15 is 0 Å². The number of benzene rings is 1. The second kappa shape index (κ2) is 7.19. The Hall–Kier alpha value is -3.62. The maximum absolute atomic E-state index is 14.0. The van der Waals surface area contributed by atoms with E-state index in [1.807, 2.05) is 15.5 Å². The highest BCUT2D eigenvalue weighted by Crippen LogP contribution is 2.45. The molecule has 1 amide bonds. The first-order valence-corrected chi connectivity index (χ1v) is 10.9. The molecular formula is C24H20F3N5O. The third-order valence-electron chi connectivity index (χ3n) is 6.86. The molecule has 0 radical (unpaired) electrons. The molecule has 168 valence electrons. The summed E-state index contributed by atoms with van der Waals surface area (Å²) in [6.45, 7) is 0. The third kappa shape index (κ3) is 2.91. The summed E-state index contributed by atoms with van der Waals surface area (Å²) in [5.74, 6) is -4.03. The number of hydrogen-bond acceptors (Lipinski definition) is 3. The number of aryl methyl sites for hydroxylation is 1. The van der Waals surface area contributed by atoms with Crippen LogP contribution < -0.4 is 0 Å². The van der Waals surface area contributed by atoms with Gasteiger partial charge in [-0.3, -0.25) is 14.5 Å². The summed E-state index contributed by atoms with van der Waals surface area (Å²) < 4.78 is 44.9. The van der Waals surface area contributed by atoms with Crippen LogP contribution in [0.3, 0.4) is 0 Å². The molecule has 4 aromatic rings. The van der Waals surface area contributed by atoms with E-state index in [9.17, 15) is 18.0 Å². The molecule has 2 atom stereocenters. The van der Waals surface area contributed by atoms with Crippen molar-refractivity contribution in [2.24, 2.45) is 7.05 Å². The molecule has 0 spiro atoms. The number of carbonyl (C=O) groups excluding carboxylic acids is 1. The van der Waals surface area contributed by atoms with Gasteiger partial charge in [-0.1, -0.05) is 0 Å². The van der Waals surface area contributed by atoms with E-state index in [4.69, 9.17) is 0 Å². The summed E-state index contributed by atoms with van der Waals surface area (Å²) in [4.78, 5) is 19.8. The second-order valence-corrected chi connectivity index (χ2v) is 8.71. The molecule has 1 saturated heterocycles. The summed E-state index contributed by atoms with van der Waals surface area (Å²) in [6.07, 6.45) is 10.0. The molecule has 2 bridgehead atoms. The number of rotatable bonds is 2. The Morgan fingerprint density at radius 3 is 2.70 bits per heavy atom. The van der Waals surface area contributed by atoms with Crippen molar-refractivity contribution in [3.63, 3.8) is 0 Å². The molecule has 5 heterocycles. The number of nitrogens with zero attached hydrogens (tertiary/aromatic N) is 5. The van der Waals surface area contributed by atoms with Gasteiger partial charge in [-0.2, -0.15) is 5.10 Å². The molecule has 33 heavy (non-hydrogen) atoms. The predicted molar refractivity (Wildman–Crippen MR) is 114 cm³/mol. The van der Waals surface area contributed by atoms with Gasteiger partial charge in [0.1, 0.15) is 0 Å². The van der Waals surface area contributed by atoms with Crippen LogP contribution in [0.25, 0.3) is 16.8 Å². The zero-order valence-electron chi connectivity index (χ0n) is 17.8. The summed E-state index contributed by atoms with van der Waals surface area (Å²) >= 11 is 0. The molecule has 6 rings (SSSR count). The summed E-state index contributed by atoms with van der Waals surface area (Å²) in [5.41, 5.74) is 3.73. The Bertz CT molecular complexity index is 1400. The predicted octanol–water partition coefficient (Wildman–Crippen LogP) is 4.44. The molecule has 1 fully saturated rings. The number of piperidine rings is 1. The van der Waals surface area contributed by atoms with Crippen LogP contribution in [0.5, 0.6) is 0 Å². The fourth-order valence-corrected chi connectivity index (χ4v) is 5.47. The third-order valence-corrected chi connectivity index (χ3v) is 6.86. The van der Waals surface area contributed by atoms with Crippen LogP contribution in [0, 0.1) is 17.5 Å². The number of fused-ring (bicyclic) bond motifs is 5. The van der Waals surface area contributed by atoms with E-state index in [0.717, 1.165) is 48.2 Å². The number of carbonyl (C=O) groups is 1. The summed E-state index contributed by atoms with van der Waals surface area (Å²) in [7, 11) is 1.70. The fourth-order valence-electron chi connectivity index (χ4n) is 5.47. The number of aromatic nitrogens is 4. The van der Waals surface area contributed by atoms with Crippen LogP contribution >= 0.6 is 0 Å². The molecule has 0 saturated carbocycles. The van der Waals surface area contributed by atoms with Crippen molar-refractivity contribution >= 4 is 11.4 Å². The van der Waals surface area contributed by atoms with Crippen molar-refractivity contribution in [3.05, 3.63) is 77.3 Å². The average Bonchev–Trinajstić information content (AvgIpc) is 3.37. The topological polar surface area (TPSA) is 55.4 Å². The van der Waals surface area contributed by atoms with Gasteiger partial charge in [-0.25, -0.2) is 13.2 Å². The molecular weight excluding hydrogens is 431 g/mol. The summed E-state index contributed by atoms with van der Waals surface area (Å²) in [6, 6.07) is 3.51. The van der Waals surface area contributed by atoms with Gasteiger partial charge in [0.25, 0.3) is 5.91 Å². The summed E-state index contributed by atoms with van der Waals surface area (Å²) in [5, 5.41) is 4.67. The zero-order chi connectivity index (χ0) is 22.9. The molecule has 2 aliphatic rings. The minimum Gasteiger partial charge on any atom is -0.327 e. The van der Waals surface area contributed by atoms with Crippen LogP contribution in [0.2, 0.25) is 0 Å². The van der Waals surface area contributed by atoms with Crippen molar-refractivity contribution < 1.29 is 18.0 Å². The first-order valence-electron chi connectivity index (χ1n) is 10.9. The Kier molecular flexibility index (Phi) is 4.36. The van der Waals surface area contributed by atoms with E-state index in [1.54, 1.807) is 36.4 Å². The molecule has 6 nitrogen and oxygen atoms in total. The number of halogens is 3. The Balaban J connectivity index is 1.45. The van der Waals surface area contributed by atoms with Crippen LogP contribution in [0.15, 0.2) is 43.0 Å². The molecule has 1 aromatic carbocycles. The number of amides is 1. The Labute approximate surface area is 187 Å². The van der Waals surface area contributed by atoms with E-state index < -0.39 is 17.5 Å². The highest BCUT2D eigenvalue weighted by atomic mass is 19.2. The molecule has 9 heteroatoms. The average molecular weight is 451 g/mol. The van der Waals surface area contributed by atoms with Crippen LogP contribution in [-0.2, 0) is 13.5 Å². The van der Waals surface area contributed by atoms with Crippen molar-refractivity contribution in [2.75, 3.05) is 0 Å². The SMILES string of the molecule is Cn1nc2c(c1-c1cc(F)c(F)c(F)c1)CC1CCCC2N1C(=O)c1ccn2ccncc12. The van der Waals surface area contributed by atoms with Crippen LogP contribution in [-0.4, -0.2) is 36.0 Å². The first-order chi connectivity index (χ1) is 15.9. The lowest BCUT2D eigenvalue weighted by Crippen LogP contribution is -2.49. The smallest absolute Gasteiger partial charge is 0.256 e. The number of hydrogen-bond donors (Lipinski definition) is 0. The second-order valence-electron chi connectivity index (χ2n) is 8.71. The molecule has 3 aromatic heterocycles. The lowest BCUT2D eigenvalue weighted by Gasteiger charge is -2.45. The maximum atomic E-state index is 14.0. The molecule has 2 aliphatic heterocycles. The van der Waals surface area contributed by atoms with E-state index in [0.29, 0.717) is 17.7 Å². The van der Waals surface area contributed by atoms with Crippen molar-refractivity contribution in [3.8, 4) is 11.3 Å². The quantitative estimate of drug-likeness (QED) is 0.424. The molecule has 0 N–H and O–H groups in total. The Morgan fingerprint density at radius 2 is 1.91 bits per heavy atom. The minimum absolute atomic E-state index is 0.0616.